The second-order valence-corrected chi connectivity index (χ2v) is 5.95. The van der Waals surface area contributed by atoms with Crippen LogP contribution in [0.25, 0.3) is 0 Å². The van der Waals surface area contributed by atoms with Crippen molar-refractivity contribution >= 4 is 47.4 Å². The van der Waals surface area contributed by atoms with Crippen LogP contribution in [0.2, 0.25) is 5.02 Å². The first-order chi connectivity index (χ1) is 12.6. The van der Waals surface area contributed by atoms with Gasteiger partial charge in [0.05, 0.1) is 6.54 Å². The first kappa shape index (κ1) is 23.0. The molecule has 0 radical (unpaired) electrons. The third kappa shape index (κ3) is 8.49. The molecule has 0 aromatic heterocycles. The van der Waals surface area contributed by atoms with E-state index in [1.165, 1.54) is 0 Å². The van der Waals surface area contributed by atoms with Gasteiger partial charge >= 0.3 is 0 Å². The monoisotopic (exact) mass is 502 g/mol. The maximum absolute atomic E-state index is 10.8. The van der Waals surface area contributed by atoms with Gasteiger partial charge in [-0.25, -0.2) is 4.99 Å². The molecular weight excluding hydrogens is 479 g/mol. The number of carbonyl (C=O) groups is 1. The minimum absolute atomic E-state index is 0. The predicted molar refractivity (Wildman–Crippen MR) is 120 cm³/mol. The highest BCUT2D eigenvalue weighted by Gasteiger charge is 2.03. The van der Waals surface area contributed by atoms with Gasteiger partial charge in [-0.05, 0) is 36.2 Å². The molecule has 8 heteroatoms. The van der Waals surface area contributed by atoms with E-state index in [-0.39, 0.29) is 30.6 Å². The van der Waals surface area contributed by atoms with E-state index in [9.17, 15) is 4.79 Å². The Bertz CT molecular complexity index is 771. The SMILES string of the molecule is CCNC(=NCc1cccc(OCC(N)=O)c1)NCc1ccccc1Cl.I. The van der Waals surface area contributed by atoms with Gasteiger partial charge in [-0.1, -0.05) is 41.9 Å². The molecule has 0 aliphatic heterocycles. The molecule has 0 unspecified atom stereocenters. The molecule has 0 bridgehead atoms. The number of rotatable bonds is 8. The highest BCUT2D eigenvalue weighted by Crippen LogP contribution is 2.15. The number of amides is 1. The van der Waals surface area contributed by atoms with Gasteiger partial charge in [0.25, 0.3) is 5.91 Å². The second kappa shape index (κ2) is 12.4. The fraction of sp³-hybridized carbons (Fsp3) is 0.263. The molecule has 27 heavy (non-hydrogen) atoms. The summed E-state index contributed by atoms with van der Waals surface area (Å²) in [7, 11) is 0. The largest absolute Gasteiger partial charge is 0.484 e. The van der Waals surface area contributed by atoms with E-state index < -0.39 is 5.91 Å². The third-order valence-corrected chi connectivity index (χ3v) is 3.82. The lowest BCUT2D eigenvalue weighted by Gasteiger charge is -2.12. The van der Waals surface area contributed by atoms with Gasteiger partial charge in [0.1, 0.15) is 5.75 Å². The number of carbonyl (C=O) groups excluding carboxylic acids is 1. The summed E-state index contributed by atoms with van der Waals surface area (Å²) in [5.74, 6) is 0.771. The average molecular weight is 503 g/mol. The number of hydrogen-bond acceptors (Lipinski definition) is 3. The lowest BCUT2D eigenvalue weighted by Crippen LogP contribution is -2.36. The van der Waals surface area contributed by atoms with E-state index in [0.29, 0.717) is 24.8 Å². The minimum atomic E-state index is -0.508. The quantitative estimate of drug-likeness (QED) is 0.294. The van der Waals surface area contributed by atoms with Crippen molar-refractivity contribution in [1.29, 1.82) is 0 Å². The molecule has 2 aromatic carbocycles. The molecule has 4 N–H and O–H groups in total. The van der Waals surface area contributed by atoms with Crippen molar-refractivity contribution in [3.8, 4) is 5.75 Å². The number of guanidine groups is 1. The number of benzene rings is 2. The smallest absolute Gasteiger partial charge is 0.255 e. The van der Waals surface area contributed by atoms with Crippen molar-refractivity contribution in [2.45, 2.75) is 20.0 Å². The zero-order valence-electron chi connectivity index (χ0n) is 15.1. The molecule has 0 atom stereocenters. The Kier molecular flexibility index (Phi) is 10.6. The standard InChI is InChI=1S/C19H23ClN4O2.HI/c1-2-22-19(24-12-15-7-3-4-9-17(15)20)23-11-14-6-5-8-16(10-14)26-13-18(21)25;/h3-10H,2,11-13H2,1H3,(H2,21,25)(H2,22,23,24);1H. The zero-order chi connectivity index (χ0) is 18.8. The number of nitrogens with one attached hydrogen (secondary N) is 2. The van der Waals surface area contributed by atoms with Crippen LogP contribution in [0.1, 0.15) is 18.1 Å². The summed E-state index contributed by atoms with van der Waals surface area (Å²) in [5, 5.41) is 7.18. The topological polar surface area (TPSA) is 88.7 Å². The molecular formula is C19H24ClIN4O2. The van der Waals surface area contributed by atoms with Crippen molar-refractivity contribution in [2.75, 3.05) is 13.2 Å². The summed E-state index contributed by atoms with van der Waals surface area (Å²) in [4.78, 5) is 15.4. The van der Waals surface area contributed by atoms with Crippen LogP contribution in [0.5, 0.6) is 5.75 Å². The highest BCUT2D eigenvalue weighted by molar-refractivity contribution is 14.0. The number of ether oxygens (including phenoxy) is 1. The number of nitrogens with zero attached hydrogens (tertiary/aromatic N) is 1. The van der Waals surface area contributed by atoms with Gasteiger partial charge in [-0.15, -0.1) is 24.0 Å². The number of nitrogens with two attached hydrogens (primary N) is 1. The van der Waals surface area contributed by atoms with Crippen LogP contribution in [0.3, 0.4) is 0 Å². The molecule has 1 amide bonds. The molecule has 6 nitrogen and oxygen atoms in total. The lowest BCUT2D eigenvalue weighted by molar-refractivity contribution is -0.119. The van der Waals surface area contributed by atoms with E-state index in [1.54, 1.807) is 6.07 Å². The zero-order valence-corrected chi connectivity index (χ0v) is 18.2. The molecule has 0 heterocycles. The summed E-state index contributed by atoms with van der Waals surface area (Å²) in [5.41, 5.74) is 7.05. The molecule has 0 aliphatic rings. The van der Waals surface area contributed by atoms with Gasteiger partial charge in [0, 0.05) is 18.1 Å². The molecule has 0 aliphatic carbocycles. The van der Waals surface area contributed by atoms with Gasteiger partial charge in [-0.3, -0.25) is 4.79 Å². The summed E-state index contributed by atoms with van der Waals surface area (Å²) < 4.78 is 5.31. The molecule has 0 fully saturated rings. The van der Waals surface area contributed by atoms with E-state index >= 15 is 0 Å². The Hall–Kier alpha value is -2.00. The molecule has 0 spiro atoms. The second-order valence-electron chi connectivity index (χ2n) is 5.54. The van der Waals surface area contributed by atoms with Crippen LogP contribution >= 0.6 is 35.6 Å². The molecule has 146 valence electrons. The molecule has 0 saturated heterocycles. The number of aliphatic imine (C=N–C) groups is 1. The van der Waals surface area contributed by atoms with E-state index in [0.717, 1.165) is 22.7 Å². The van der Waals surface area contributed by atoms with Gasteiger partial charge in [0.2, 0.25) is 0 Å². The van der Waals surface area contributed by atoms with Crippen molar-refractivity contribution in [2.24, 2.45) is 10.7 Å². The third-order valence-electron chi connectivity index (χ3n) is 3.45. The maximum Gasteiger partial charge on any atom is 0.255 e. The Balaban J connectivity index is 0.00000364. The molecule has 0 saturated carbocycles. The lowest BCUT2D eigenvalue weighted by atomic mass is 10.2. The van der Waals surface area contributed by atoms with Crippen molar-refractivity contribution in [3.63, 3.8) is 0 Å². The minimum Gasteiger partial charge on any atom is -0.484 e. The van der Waals surface area contributed by atoms with Crippen LogP contribution in [-0.2, 0) is 17.9 Å². The summed E-state index contributed by atoms with van der Waals surface area (Å²) >= 11 is 6.18. The van der Waals surface area contributed by atoms with Crippen LogP contribution in [0.4, 0.5) is 0 Å². The predicted octanol–water partition coefficient (Wildman–Crippen LogP) is 3.08. The molecule has 2 rings (SSSR count). The number of halogens is 2. The van der Waals surface area contributed by atoms with Crippen molar-refractivity contribution in [3.05, 3.63) is 64.7 Å². The van der Waals surface area contributed by atoms with E-state index in [1.807, 2.05) is 49.4 Å². The summed E-state index contributed by atoms with van der Waals surface area (Å²) in [6.07, 6.45) is 0. The Morgan fingerprint density at radius 2 is 1.96 bits per heavy atom. The summed E-state index contributed by atoms with van der Waals surface area (Å²) in [6.45, 7) is 3.65. The van der Waals surface area contributed by atoms with Crippen molar-refractivity contribution < 1.29 is 9.53 Å². The van der Waals surface area contributed by atoms with Gasteiger partial charge < -0.3 is 21.1 Å². The molecule has 2 aromatic rings. The van der Waals surface area contributed by atoms with Crippen LogP contribution in [0.15, 0.2) is 53.5 Å². The Morgan fingerprint density at radius 3 is 2.67 bits per heavy atom. The fourth-order valence-corrected chi connectivity index (χ4v) is 2.42. The van der Waals surface area contributed by atoms with E-state index in [2.05, 4.69) is 15.6 Å². The van der Waals surface area contributed by atoms with Crippen LogP contribution in [-0.4, -0.2) is 25.0 Å². The number of hydrogen-bond donors (Lipinski definition) is 3. The fourth-order valence-electron chi connectivity index (χ4n) is 2.22. The van der Waals surface area contributed by atoms with E-state index in [4.69, 9.17) is 22.1 Å². The first-order valence-electron chi connectivity index (χ1n) is 8.34. The Labute approximate surface area is 181 Å². The Morgan fingerprint density at radius 1 is 1.19 bits per heavy atom. The van der Waals surface area contributed by atoms with Crippen LogP contribution in [0, 0.1) is 0 Å². The maximum atomic E-state index is 10.8. The highest BCUT2D eigenvalue weighted by atomic mass is 127. The van der Waals surface area contributed by atoms with Crippen LogP contribution < -0.4 is 21.1 Å². The average Bonchev–Trinajstić information content (AvgIpc) is 2.64. The van der Waals surface area contributed by atoms with Gasteiger partial charge in [0.15, 0.2) is 12.6 Å². The van der Waals surface area contributed by atoms with Gasteiger partial charge in [-0.2, -0.15) is 0 Å². The first-order valence-corrected chi connectivity index (χ1v) is 8.72. The van der Waals surface area contributed by atoms with Crippen molar-refractivity contribution in [1.82, 2.24) is 10.6 Å². The number of primary amides is 1. The normalized spacial score (nSPS) is 10.7. The summed E-state index contributed by atoms with van der Waals surface area (Å²) in [6, 6.07) is 15.1.